The Kier molecular flexibility index (Phi) is 3.33. The Bertz CT molecular complexity index is 1260. The lowest BCUT2D eigenvalue weighted by molar-refractivity contribution is 0.701. The van der Waals surface area contributed by atoms with E-state index < -0.39 is 11.2 Å². The highest BCUT2D eigenvalue weighted by Gasteiger charge is 2.19. The second-order valence-corrected chi connectivity index (χ2v) is 6.39. The third-order valence-electron chi connectivity index (χ3n) is 4.27. The quantitative estimate of drug-likeness (QED) is 0.502. The summed E-state index contributed by atoms with van der Waals surface area (Å²) >= 11 is 6.24. The van der Waals surface area contributed by atoms with E-state index in [1.807, 2.05) is 35.9 Å². The Morgan fingerprint density at radius 2 is 1.84 bits per heavy atom. The highest BCUT2D eigenvalue weighted by Crippen LogP contribution is 2.18. The van der Waals surface area contributed by atoms with Gasteiger partial charge in [-0.25, -0.2) is 9.78 Å². The standard InChI is InChI=1S/C16H15ClN6O2/c1-9-4-5-11-18-10(7-22(11)6-9)8-23-12-13(19-15(23)17)20(2)16(25)21(3)14(12)24/h4-7H,8H2,1-3H3. The summed E-state index contributed by atoms with van der Waals surface area (Å²) in [4.78, 5) is 33.3. The molecule has 0 N–H and O–H groups in total. The second kappa shape index (κ2) is 5.32. The number of nitrogens with zero attached hydrogens (tertiary/aromatic N) is 6. The monoisotopic (exact) mass is 358 g/mol. The summed E-state index contributed by atoms with van der Waals surface area (Å²) in [5, 5.41) is 0.140. The number of fused-ring (bicyclic) bond motifs is 2. The number of hydrogen-bond donors (Lipinski definition) is 0. The first-order chi connectivity index (χ1) is 11.9. The van der Waals surface area contributed by atoms with Crippen molar-refractivity contribution in [2.24, 2.45) is 14.1 Å². The summed E-state index contributed by atoms with van der Waals surface area (Å²) in [6.07, 6.45) is 3.86. The van der Waals surface area contributed by atoms with E-state index >= 15 is 0 Å². The van der Waals surface area contributed by atoms with Crippen LogP contribution in [0.1, 0.15) is 11.3 Å². The van der Waals surface area contributed by atoms with Gasteiger partial charge in [-0.05, 0) is 30.2 Å². The average molecular weight is 359 g/mol. The lowest BCUT2D eigenvalue weighted by atomic mass is 10.3. The molecule has 0 unspecified atom stereocenters. The Morgan fingerprint density at radius 1 is 1.08 bits per heavy atom. The zero-order chi connectivity index (χ0) is 17.9. The van der Waals surface area contributed by atoms with Crippen molar-refractivity contribution in [3.05, 3.63) is 61.9 Å². The number of imidazole rings is 2. The third kappa shape index (κ3) is 2.29. The van der Waals surface area contributed by atoms with E-state index in [1.54, 1.807) is 11.6 Å². The van der Waals surface area contributed by atoms with Gasteiger partial charge in [-0.1, -0.05) is 6.07 Å². The normalized spacial score (nSPS) is 11.7. The zero-order valence-corrected chi connectivity index (χ0v) is 14.7. The second-order valence-electron chi connectivity index (χ2n) is 6.05. The Morgan fingerprint density at radius 3 is 2.60 bits per heavy atom. The van der Waals surface area contributed by atoms with Gasteiger partial charge < -0.3 is 8.97 Å². The predicted molar refractivity (Wildman–Crippen MR) is 94.3 cm³/mol. The van der Waals surface area contributed by atoms with Gasteiger partial charge in [0.2, 0.25) is 5.28 Å². The first-order valence-corrected chi connectivity index (χ1v) is 8.00. The molecule has 25 heavy (non-hydrogen) atoms. The average Bonchev–Trinajstić information content (AvgIpc) is 3.12. The summed E-state index contributed by atoms with van der Waals surface area (Å²) in [7, 11) is 2.99. The van der Waals surface area contributed by atoms with Crippen LogP contribution in [0.15, 0.2) is 34.1 Å². The van der Waals surface area contributed by atoms with Gasteiger partial charge >= 0.3 is 5.69 Å². The van der Waals surface area contributed by atoms with E-state index in [0.29, 0.717) is 0 Å². The van der Waals surface area contributed by atoms with Gasteiger partial charge in [0.25, 0.3) is 5.56 Å². The molecule has 8 nitrogen and oxygen atoms in total. The Hall–Kier alpha value is -2.87. The molecule has 0 bridgehead atoms. The van der Waals surface area contributed by atoms with Crippen molar-refractivity contribution in [3.63, 3.8) is 0 Å². The van der Waals surface area contributed by atoms with Gasteiger partial charge in [-0.2, -0.15) is 4.98 Å². The highest BCUT2D eigenvalue weighted by molar-refractivity contribution is 6.29. The lowest BCUT2D eigenvalue weighted by Crippen LogP contribution is -2.37. The third-order valence-corrected chi connectivity index (χ3v) is 4.56. The molecule has 4 aromatic rings. The highest BCUT2D eigenvalue weighted by atomic mass is 35.5. The number of halogens is 1. The molecule has 0 atom stereocenters. The molecule has 9 heteroatoms. The van der Waals surface area contributed by atoms with E-state index in [0.717, 1.165) is 21.5 Å². The van der Waals surface area contributed by atoms with Crippen LogP contribution in [0.25, 0.3) is 16.8 Å². The van der Waals surface area contributed by atoms with E-state index in [-0.39, 0.29) is 23.0 Å². The summed E-state index contributed by atoms with van der Waals surface area (Å²) in [6.45, 7) is 2.28. The van der Waals surface area contributed by atoms with Crippen molar-refractivity contribution in [1.29, 1.82) is 0 Å². The van der Waals surface area contributed by atoms with Gasteiger partial charge in [0.1, 0.15) is 5.65 Å². The molecular weight excluding hydrogens is 344 g/mol. The minimum Gasteiger partial charge on any atom is -0.306 e. The molecule has 0 aliphatic carbocycles. The summed E-state index contributed by atoms with van der Waals surface area (Å²) in [6, 6.07) is 3.91. The molecule has 128 valence electrons. The van der Waals surface area contributed by atoms with Gasteiger partial charge in [0.15, 0.2) is 11.2 Å². The van der Waals surface area contributed by atoms with Crippen LogP contribution in [0, 0.1) is 6.92 Å². The van der Waals surface area contributed by atoms with Crippen LogP contribution in [-0.2, 0) is 20.6 Å². The maximum absolute atomic E-state index is 12.5. The Labute approximate surface area is 146 Å². The van der Waals surface area contributed by atoms with Crippen LogP contribution < -0.4 is 11.2 Å². The first-order valence-electron chi connectivity index (χ1n) is 7.63. The topological polar surface area (TPSA) is 79.1 Å². The van der Waals surface area contributed by atoms with Crippen LogP contribution in [0.4, 0.5) is 0 Å². The lowest BCUT2D eigenvalue weighted by Gasteiger charge is -2.05. The molecule has 0 aliphatic heterocycles. The minimum atomic E-state index is -0.443. The van der Waals surface area contributed by atoms with Gasteiger partial charge in [0.05, 0.1) is 12.2 Å². The van der Waals surface area contributed by atoms with Crippen LogP contribution in [-0.4, -0.2) is 28.1 Å². The SMILES string of the molecule is Cc1ccc2nc(Cn3c(Cl)nc4c3c(=O)n(C)c(=O)n4C)cn2c1. The fraction of sp³-hybridized carbons (Fsp3) is 0.250. The fourth-order valence-corrected chi connectivity index (χ4v) is 3.18. The molecule has 0 aromatic carbocycles. The van der Waals surface area contributed by atoms with Crippen molar-refractivity contribution in [3.8, 4) is 0 Å². The smallest absolute Gasteiger partial charge is 0.306 e. The Balaban J connectivity index is 1.93. The molecule has 0 saturated carbocycles. The molecule has 4 heterocycles. The van der Waals surface area contributed by atoms with Crippen LogP contribution in [0.5, 0.6) is 0 Å². The van der Waals surface area contributed by atoms with Crippen LogP contribution in [0.3, 0.4) is 0 Å². The van der Waals surface area contributed by atoms with E-state index in [1.165, 1.54) is 11.6 Å². The molecule has 4 rings (SSSR count). The molecule has 0 saturated heterocycles. The molecule has 0 amide bonds. The summed E-state index contributed by atoms with van der Waals surface area (Å²) in [5.74, 6) is 0. The largest absolute Gasteiger partial charge is 0.332 e. The van der Waals surface area contributed by atoms with Gasteiger partial charge in [-0.15, -0.1) is 0 Å². The van der Waals surface area contributed by atoms with Crippen LogP contribution >= 0.6 is 11.6 Å². The number of pyridine rings is 1. The molecule has 0 aliphatic rings. The minimum absolute atomic E-state index is 0.140. The maximum atomic E-state index is 12.5. The molecule has 0 radical (unpaired) electrons. The van der Waals surface area contributed by atoms with Crippen molar-refractivity contribution in [2.75, 3.05) is 0 Å². The predicted octanol–water partition coefficient (Wildman–Crippen LogP) is 1.09. The van der Waals surface area contributed by atoms with Crippen molar-refractivity contribution < 1.29 is 0 Å². The molecule has 0 spiro atoms. The van der Waals surface area contributed by atoms with E-state index in [2.05, 4.69) is 9.97 Å². The number of hydrogen-bond acceptors (Lipinski definition) is 4. The summed E-state index contributed by atoms with van der Waals surface area (Å²) in [5.41, 5.74) is 2.33. The first kappa shape index (κ1) is 15.6. The van der Waals surface area contributed by atoms with E-state index in [4.69, 9.17) is 11.6 Å². The van der Waals surface area contributed by atoms with Gasteiger partial charge in [-0.3, -0.25) is 13.9 Å². The number of rotatable bonds is 2. The fourth-order valence-electron chi connectivity index (χ4n) is 2.96. The maximum Gasteiger partial charge on any atom is 0.332 e. The molecule has 4 aromatic heterocycles. The summed E-state index contributed by atoms with van der Waals surface area (Å²) < 4.78 is 5.86. The van der Waals surface area contributed by atoms with Crippen LogP contribution in [0.2, 0.25) is 5.28 Å². The molecular formula is C16H15ClN6O2. The van der Waals surface area contributed by atoms with Crippen molar-refractivity contribution in [2.45, 2.75) is 13.5 Å². The molecule has 0 fully saturated rings. The van der Waals surface area contributed by atoms with Crippen molar-refractivity contribution >= 4 is 28.4 Å². The van der Waals surface area contributed by atoms with Crippen molar-refractivity contribution in [1.82, 2.24) is 28.1 Å². The number of aryl methyl sites for hydroxylation is 2. The van der Waals surface area contributed by atoms with E-state index in [9.17, 15) is 9.59 Å². The van der Waals surface area contributed by atoms with Gasteiger partial charge in [0, 0.05) is 26.5 Å². The number of aromatic nitrogens is 6. The zero-order valence-electron chi connectivity index (χ0n) is 13.9.